The lowest BCUT2D eigenvalue weighted by Gasteiger charge is -2.09. The molecule has 3 aromatic carbocycles. The molecule has 0 aliphatic heterocycles. The molecule has 1 N–H and O–H groups in total. The van der Waals surface area contributed by atoms with Gasteiger partial charge in [-0.3, -0.25) is 4.79 Å². The molecular formula is C26H25FN4O2S. The highest BCUT2D eigenvalue weighted by molar-refractivity contribution is 7.98. The quantitative estimate of drug-likeness (QED) is 0.331. The minimum Gasteiger partial charge on any atom is -0.497 e. The van der Waals surface area contributed by atoms with Crippen LogP contribution < -0.4 is 10.1 Å². The van der Waals surface area contributed by atoms with Crippen LogP contribution in [0.1, 0.15) is 28.4 Å². The molecule has 34 heavy (non-hydrogen) atoms. The summed E-state index contributed by atoms with van der Waals surface area (Å²) in [6, 6.07) is 21.4. The second-order valence-electron chi connectivity index (χ2n) is 7.58. The fraction of sp³-hybridized carbons (Fsp3) is 0.192. The minimum atomic E-state index is -0.296. The summed E-state index contributed by atoms with van der Waals surface area (Å²) in [5.74, 6) is 1.74. The molecule has 1 aromatic heterocycles. The molecule has 0 saturated carbocycles. The van der Waals surface area contributed by atoms with E-state index in [0.29, 0.717) is 17.9 Å². The number of carbonyl (C=O) groups excluding carboxylic acids is 1. The molecular weight excluding hydrogens is 451 g/mol. The molecule has 4 rings (SSSR count). The largest absolute Gasteiger partial charge is 0.497 e. The van der Waals surface area contributed by atoms with Crippen molar-refractivity contribution in [2.45, 2.75) is 30.9 Å². The topological polar surface area (TPSA) is 69.0 Å². The molecule has 0 saturated heterocycles. The first-order valence-corrected chi connectivity index (χ1v) is 11.9. The molecule has 1 amide bonds. The zero-order chi connectivity index (χ0) is 23.9. The van der Waals surface area contributed by atoms with Crippen LogP contribution in [0.5, 0.6) is 5.75 Å². The Hall–Kier alpha value is -3.65. The van der Waals surface area contributed by atoms with Crippen LogP contribution in [0.3, 0.4) is 0 Å². The van der Waals surface area contributed by atoms with Crippen molar-refractivity contribution in [1.82, 2.24) is 20.1 Å². The van der Waals surface area contributed by atoms with E-state index in [9.17, 15) is 9.18 Å². The Labute approximate surface area is 202 Å². The van der Waals surface area contributed by atoms with Crippen molar-refractivity contribution in [3.63, 3.8) is 0 Å². The summed E-state index contributed by atoms with van der Waals surface area (Å²) in [4.78, 5) is 12.6. The van der Waals surface area contributed by atoms with Crippen LogP contribution in [0, 0.1) is 5.82 Å². The number of carbonyl (C=O) groups is 1. The molecule has 0 bridgehead atoms. The van der Waals surface area contributed by atoms with E-state index < -0.39 is 0 Å². The fourth-order valence-corrected chi connectivity index (χ4v) is 4.44. The molecule has 0 atom stereocenters. The zero-order valence-electron chi connectivity index (χ0n) is 19.0. The Morgan fingerprint density at radius 3 is 2.59 bits per heavy atom. The van der Waals surface area contributed by atoms with E-state index >= 15 is 0 Å². The lowest BCUT2D eigenvalue weighted by Crippen LogP contribution is -2.22. The Kier molecular flexibility index (Phi) is 7.59. The number of amides is 1. The van der Waals surface area contributed by atoms with E-state index in [-0.39, 0.29) is 11.7 Å². The van der Waals surface area contributed by atoms with Crippen LogP contribution in [0.15, 0.2) is 78.0 Å². The van der Waals surface area contributed by atoms with Crippen LogP contribution in [0.4, 0.5) is 4.39 Å². The highest BCUT2D eigenvalue weighted by Crippen LogP contribution is 2.28. The molecule has 8 heteroatoms. The second kappa shape index (κ2) is 11.0. The summed E-state index contributed by atoms with van der Waals surface area (Å²) in [5, 5.41) is 12.5. The number of halogens is 1. The van der Waals surface area contributed by atoms with Crippen molar-refractivity contribution in [1.29, 1.82) is 0 Å². The maximum atomic E-state index is 13.1. The predicted octanol–water partition coefficient (Wildman–Crippen LogP) is 5.34. The number of hydrogen-bond donors (Lipinski definition) is 1. The average Bonchev–Trinajstić information content (AvgIpc) is 3.30. The van der Waals surface area contributed by atoms with Gasteiger partial charge in [-0.1, -0.05) is 48.2 Å². The molecule has 1 heterocycles. The summed E-state index contributed by atoms with van der Waals surface area (Å²) >= 11 is 1.57. The number of ether oxygens (including phenoxy) is 1. The number of thioether (sulfide) groups is 1. The second-order valence-corrected chi connectivity index (χ2v) is 8.52. The van der Waals surface area contributed by atoms with Crippen molar-refractivity contribution in [2.24, 2.45) is 0 Å². The van der Waals surface area contributed by atoms with E-state index in [0.717, 1.165) is 40.0 Å². The predicted molar refractivity (Wildman–Crippen MR) is 131 cm³/mol. The maximum absolute atomic E-state index is 13.1. The van der Waals surface area contributed by atoms with Gasteiger partial charge in [-0.25, -0.2) is 4.39 Å². The first kappa shape index (κ1) is 23.5. The Balaban J connectivity index is 1.42. The van der Waals surface area contributed by atoms with Gasteiger partial charge < -0.3 is 14.6 Å². The molecule has 0 aliphatic carbocycles. The number of hydrogen-bond acceptors (Lipinski definition) is 5. The van der Waals surface area contributed by atoms with Gasteiger partial charge in [0.1, 0.15) is 11.6 Å². The molecule has 0 radical (unpaired) electrons. The first-order valence-electron chi connectivity index (χ1n) is 10.9. The Morgan fingerprint density at radius 2 is 1.82 bits per heavy atom. The number of nitrogens with one attached hydrogen (secondary N) is 1. The van der Waals surface area contributed by atoms with E-state index in [4.69, 9.17) is 4.74 Å². The number of rotatable bonds is 9. The minimum absolute atomic E-state index is 0.173. The smallest absolute Gasteiger partial charge is 0.251 e. The maximum Gasteiger partial charge on any atom is 0.251 e. The third-order valence-electron chi connectivity index (χ3n) is 5.28. The number of aromatic nitrogens is 3. The van der Waals surface area contributed by atoms with E-state index in [2.05, 4.69) is 27.0 Å². The summed E-state index contributed by atoms with van der Waals surface area (Å²) < 4.78 is 20.4. The summed E-state index contributed by atoms with van der Waals surface area (Å²) in [6.07, 6.45) is 0. The third-order valence-corrected chi connectivity index (χ3v) is 6.32. The van der Waals surface area contributed by atoms with Crippen molar-refractivity contribution >= 4 is 17.7 Å². The van der Waals surface area contributed by atoms with Crippen molar-refractivity contribution in [3.8, 4) is 17.1 Å². The zero-order valence-corrected chi connectivity index (χ0v) is 19.8. The van der Waals surface area contributed by atoms with Gasteiger partial charge in [0.25, 0.3) is 5.91 Å². The molecule has 0 aliphatic rings. The molecule has 6 nitrogen and oxygen atoms in total. The summed E-state index contributed by atoms with van der Waals surface area (Å²) in [6.45, 7) is 3.13. The van der Waals surface area contributed by atoms with Crippen LogP contribution in [0.2, 0.25) is 0 Å². The number of methoxy groups -OCH3 is 1. The van der Waals surface area contributed by atoms with Crippen LogP contribution >= 0.6 is 11.8 Å². The van der Waals surface area contributed by atoms with Gasteiger partial charge in [-0.2, -0.15) is 0 Å². The standard InChI is InChI=1S/C26H25FN4O2S/c1-3-31-24(20-7-5-9-23(15-20)33-2)29-30-26(31)34-17-19-6-4-8-21(14-19)25(32)28-16-18-10-12-22(27)13-11-18/h4-15H,3,16-17H2,1-2H3,(H,28,32). The Morgan fingerprint density at radius 1 is 1.03 bits per heavy atom. The van der Waals surface area contributed by atoms with E-state index in [1.165, 1.54) is 12.1 Å². The molecule has 0 unspecified atom stereocenters. The number of benzene rings is 3. The van der Waals surface area contributed by atoms with Crippen molar-refractivity contribution in [3.05, 3.63) is 95.3 Å². The Bertz CT molecular complexity index is 1270. The van der Waals surface area contributed by atoms with Crippen LogP contribution in [0.25, 0.3) is 11.4 Å². The molecule has 0 spiro atoms. The molecule has 174 valence electrons. The van der Waals surface area contributed by atoms with Gasteiger partial charge in [0, 0.05) is 30.0 Å². The highest BCUT2D eigenvalue weighted by atomic mass is 32.2. The average molecular weight is 477 g/mol. The monoisotopic (exact) mass is 476 g/mol. The summed E-state index contributed by atoms with van der Waals surface area (Å²) in [5.41, 5.74) is 3.37. The van der Waals surface area contributed by atoms with Gasteiger partial charge in [0.2, 0.25) is 0 Å². The van der Waals surface area contributed by atoms with Crippen LogP contribution in [-0.4, -0.2) is 27.8 Å². The fourth-order valence-electron chi connectivity index (χ4n) is 3.49. The molecule has 0 fully saturated rings. The van der Waals surface area contributed by atoms with Crippen molar-refractivity contribution in [2.75, 3.05) is 7.11 Å². The van der Waals surface area contributed by atoms with E-state index in [1.54, 1.807) is 37.1 Å². The lowest BCUT2D eigenvalue weighted by atomic mass is 10.1. The van der Waals surface area contributed by atoms with Gasteiger partial charge in [0.05, 0.1) is 7.11 Å². The van der Waals surface area contributed by atoms with Crippen molar-refractivity contribution < 1.29 is 13.9 Å². The van der Waals surface area contributed by atoms with Gasteiger partial charge in [0.15, 0.2) is 11.0 Å². The highest BCUT2D eigenvalue weighted by Gasteiger charge is 2.14. The SMILES string of the molecule is CCn1c(SCc2cccc(C(=O)NCc3ccc(F)cc3)c2)nnc1-c1cccc(OC)c1. The van der Waals surface area contributed by atoms with Gasteiger partial charge >= 0.3 is 0 Å². The lowest BCUT2D eigenvalue weighted by molar-refractivity contribution is 0.0951. The van der Waals surface area contributed by atoms with Gasteiger partial charge in [-0.05, 0) is 54.4 Å². The summed E-state index contributed by atoms with van der Waals surface area (Å²) in [7, 11) is 1.64. The number of nitrogens with zero attached hydrogens (tertiary/aromatic N) is 3. The first-order chi connectivity index (χ1) is 16.6. The molecule has 4 aromatic rings. The van der Waals surface area contributed by atoms with E-state index in [1.807, 2.05) is 42.5 Å². The van der Waals surface area contributed by atoms with Crippen LogP contribution in [-0.2, 0) is 18.8 Å². The third kappa shape index (κ3) is 5.63. The van der Waals surface area contributed by atoms with Gasteiger partial charge in [-0.15, -0.1) is 10.2 Å². The normalized spacial score (nSPS) is 10.8.